The van der Waals surface area contributed by atoms with Crippen LogP contribution in [0.3, 0.4) is 0 Å². The van der Waals surface area contributed by atoms with Gasteiger partial charge < -0.3 is 10.6 Å². The molecule has 2 N–H and O–H groups in total. The summed E-state index contributed by atoms with van der Waals surface area (Å²) < 4.78 is 0. The molecule has 1 aliphatic carbocycles. The Hall–Kier alpha value is -2.62. The van der Waals surface area contributed by atoms with E-state index in [4.69, 9.17) is 0 Å². The first-order valence-corrected chi connectivity index (χ1v) is 10.1. The van der Waals surface area contributed by atoms with Crippen LogP contribution in [0.4, 0.5) is 5.69 Å². The Balaban J connectivity index is 1.45. The summed E-state index contributed by atoms with van der Waals surface area (Å²) in [7, 11) is 0. The standard InChI is InChI=1S/C24H30N2O2/c1-16-4-7-19(8-5-16)15-25-23(27)20-9-11-21(12-10-20)24(28)26-22-13-6-17(2)18(3)14-22/h4-8,13-14,20-21H,9-12,15H2,1-3H3,(H,25,27)(H,26,28). The van der Waals surface area contributed by atoms with Crippen molar-refractivity contribution in [3.05, 3.63) is 64.7 Å². The molecule has 2 aromatic rings. The Morgan fingerprint density at radius 1 is 0.821 bits per heavy atom. The highest BCUT2D eigenvalue weighted by Crippen LogP contribution is 2.30. The van der Waals surface area contributed by atoms with Gasteiger partial charge in [0.05, 0.1) is 0 Å². The van der Waals surface area contributed by atoms with Crippen LogP contribution in [-0.2, 0) is 16.1 Å². The molecule has 0 heterocycles. The van der Waals surface area contributed by atoms with Crippen molar-refractivity contribution in [2.75, 3.05) is 5.32 Å². The highest BCUT2D eigenvalue weighted by molar-refractivity contribution is 5.93. The van der Waals surface area contributed by atoms with Crippen LogP contribution in [0.1, 0.15) is 47.9 Å². The van der Waals surface area contributed by atoms with Gasteiger partial charge in [-0.15, -0.1) is 0 Å². The normalized spacial score (nSPS) is 19.1. The summed E-state index contributed by atoms with van der Waals surface area (Å²) in [4.78, 5) is 25.0. The molecular formula is C24H30N2O2. The van der Waals surface area contributed by atoms with Crippen LogP contribution < -0.4 is 10.6 Å². The SMILES string of the molecule is Cc1ccc(CNC(=O)C2CCC(C(=O)Nc3ccc(C)c(C)c3)CC2)cc1. The van der Waals surface area contributed by atoms with Crippen molar-refractivity contribution in [3.63, 3.8) is 0 Å². The molecule has 0 saturated heterocycles. The smallest absolute Gasteiger partial charge is 0.227 e. The Kier molecular flexibility index (Phi) is 6.50. The molecule has 2 amide bonds. The summed E-state index contributed by atoms with van der Waals surface area (Å²) in [6.45, 7) is 6.72. The van der Waals surface area contributed by atoms with Gasteiger partial charge in [0.25, 0.3) is 0 Å². The largest absolute Gasteiger partial charge is 0.352 e. The van der Waals surface area contributed by atoms with E-state index in [2.05, 4.69) is 36.6 Å². The predicted octanol–water partition coefficient (Wildman–Crippen LogP) is 4.67. The number of rotatable bonds is 5. The molecule has 0 radical (unpaired) electrons. The molecule has 0 unspecified atom stereocenters. The molecule has 0 aliphatic heterocycles. The lowest BCUT2D eigenvalue weighted by Crippen LogP contribution is -2.35. The van der Waals surface area contributed by atoms with Crippen molar-refractivity contribution in [1.82, 2.24) is 5.32 Å². The fraction of sp³-hybridized carbons (Fsp3) is 0.417. The topological polar surface area (TPSA) is 58.2 Å². The van der Waals surface area contributed by atoms with E-state index in [0.29, 0.717) is 6.54 Å². The molecular weight excluding hydrogens is 348 g/mol. The lowest BCUT2D eigenvalue weighted by Gasteiger charge is -2.27. The molecule has 1 saturated carbocycles. The zero-order valence-corrected chi connectivity index (χ0v) is 17.0. The number of anilines is 1. The van der Waals surface area contributed by atoms with Gasteiger partial charge in [0, 0.05) is 24.1 Å². The first-order valence-electron chi connectivity index (χ1n) is 10.1. The number of carbonyl (C=O) groups is 2. The molecule has 4 nitrogen and oxygen atoms in total. The summed E-state index contributed by atoms with van der Waals surface area (Å²) in [6.07, 6.45) is 3.06. The van der Waals surface area contributed by atoms with Crippen molar-refractivity contribution in [3.8, 4) is 0 Å². The van der Waals surface area contributed by atoms with Crippen LogP contribution in [0.2, 0.25) is 0 Å². The summed E-state index contributed by atoms with van der Waals surface area (Å²) in [5.74, 6) is 0.175. The van der Waals surface area contributed by atoms with Crippen LogP contribution in [0.25, 0.3) is 0 Å². The van der Waals surface area contributed by atoms with Crippen LogP contribution >= 0.6 is 0 Å². The van der Waals surface area contributed by atoms with Crippen LogP contribution in [0.15, 0.2) is 42.5 Å². The van der Waals surface area contributed by atoms with E-state index in [1.165, 1.54) is 16.7 Å². The van der Waals surface area contributed by atoms with Gasteiger partial charge in [0.1, 0.15) is 0 Å². The monoisotopic (exact) mass is 378 g/mol. The molecule has 0 spiro atoms. The fourth-order valence-electron chi connectivity index (χ4n) is 3.72. The van der Waals surface area contributed by atoms with Gasteiger partial charge in [-0.2, -0.15) is 0 Å². The van der Waals surface area contributed by atoms with E-state index in [1.54, 1.807) is 0 Å². The van der Waals surface area contributed by atoms with Crippen LogP contribution in [0, 0.1) is 32.6 Å². The van der Waals surface area contributed by atoms with Crippen molar-refractivity contribution < 1.29 is 9.59 Å². The zero-order valence-electron chi connectivity index (χ0n) is 17.0. The number of amides is 2. The van der Waals surface area contributed by atoms with Gasteiger partial charge in [-0.05, 0) is 75.3 Å². The summed E-state index contributed by atoms with van der Waals surface area (Å²) in [5.41, 5.74) is 5.57. The van der Waals surface area contributed by atoms with Crippen molar-refractivity contribution in [1.29, 1.82) is 0 Å². The summed E-state index contributed by atoms with van der Waals surface area (Å²) >= 11 is 0. The highest BCUT2D eigenvalue weighted by atomic mass is 16.2. The number of hydrogen-bond donors (Lipinski definition) is 2. The highest BCUT2D eigenvalue weighted by Gasteiger charge is 2.29. The molecule has 2 aromatic carbocycles. The second-order valence-corrected chi connectivity index (χ2v) is 8.04. The van der Waals surface area contributed by atoms with Gasteiger partial charge in [-0.1, -0.05) is 35.9 Å². The average molecular weight is 379 g/mol. The number of aryl methyl sites for hydroxylation is 3. The molecule has 4 heteroatoms. The van der Waals surface area contributed by atoms with E-state index in [1.807, 2.05) is 37.3 Å². The van der Waals surface area contributed by atoms with Crippen molar-refractivity contribution in [2.45, 2.75) is 53.0 Å². The first-order chi connectivity index (χ1) is 13.4. The minimum absolute atomic E-state index is 0.0103. The maximum absolute atomic E-state index is 12.6. The van der Waals surface area contributed by atoms with Gasteiger partial charge >= 0.3 is 0 Å². The lowest BCUT2D eigenvalue weighted by molar-refractivity contribution is -0.128. The quantitative estimate of drug-likeness (QED) is 0.794. The molecule has 1 aliphatic rings. The molecule has 148 valence electrons. The van der Waals surface area contributed by atoms with Gasteiger partial charge in [-0.25, -0.2) is 0 Å². The zero-order chi connectivity index (χ0) is 20.1. The molecule has 0 atom stereocenters. The fourth-order valence-corrected chi connectivity index (χ4v) is 3.72. The molecule has 1 fully saturated rings. The number of carbonyl (C=O) groups excluding carboxylic acids is 2. The maximum atomic E-state index is 12.6. The Morgan fingerprint density at radius 3 is 2.04 bits per heavy atom. The first kappa shape index (κ1) is 20.1. The minimum atomic E-state index is -0.0113. The predicted molar refractivity (Wildman–Crippen MR) is 113 cm³/mol. The van der Waals surface area contributed by atoms with E-state index in [9.17, 15) is 9.59 Å². The summed E-state index contributed by atoms with van der Waals surface area (Å²) in [6, 6.07) is 14.2. The minimum Gasteiger partial charge on any atom is -0.352 e. The van der Waals surface area contributed by atoms with Gasteiger partial charge in [0.2, 0.25) is 11.8 Å². The van der Waals surface area contributed by atoms with E-state index >= 15 is 0 Å². The second-order valence-electron chi connectivity index (χ2n) is 8.04. The summed E-state index contributed by atoms with van der Waals surface area (Å²) in [5, 5.41) is 6.08. The number of hydrogen-bond acceptors (Lipinski definition) is 2. The molecule has 3 rings (SSSR count). The third kappa shape index (κ3) is 5.22. The maximum Gasteiger partial charge on any atom is 0.227 e. The van der Waals surface area contributed by atoms with E-state index < -0.39 is 0 Å². The Bertz CT molecular complexity index is 834. The van der Waals surface area contributed by atoms with Crippen molar-refractivity contribution in [2.24, 2.45) is 11.8 Å². The molecule has 0 aromatic heterocycles. The van der Waals surface area contributed by atoms with E-state index in [-0.39, 0.29) is 23.7 Å². The molecule has 28 heavy (non-hydrogen) atoms. The third-order valence-electron chi connectivity index (χ3n) is 5.83. The third-order valence-corrected chi connectivity index (χ3v) is 5.83. The van der Waals surface area contributed by atoms with Crippen LogP contribution in [0.5, 0.6) is 0 Å². The average Bonchev–Trinajstić information content (AvgIpc) is 2.70. The Labute approximate surface area is 167 Å². The Morgan fingerprint density at radius 2 is 1.43 bits per heavy atom. The van der Waals surface area contributed by atoms with Crippen LogP contribution in [-0.4, -0.2) is 11.8 Å². The van der Waals surface area contributed by atoms with Gasteiger partial charge in [0.15, 0.2) is 0 Å². The van der Waals surface area contributed by atoms with E-state index in [0.717, 1.165) is 36.9 Å². The molecule has 0 bridgehead atoms. The number of benzene rings is 2. The number of nitrogens with one attached hydrogen (secondary N) is 2. The van der Waals surface area contributed by atoms with Crippen molar-refractivity contribution >= 4 is 17.5 Å². The lowest BCUT2D eigenvalue weighted by atomic mass is 9.81. The second kappa shape index (κ2) is 9.05. The van der Waals surface area contributed by atoms with Gasteiger partial charge in [-0.3, -0.25) is 9.59 Å².